The average molecular weight is 319 g/mol. The molecule has 1 rings (SSSR count). The van der Waals surface area contributed by atoms with Gasteiger partial charge in [-0.05, 0) is 0 Å². The molecule has 1 aliphatic heterocycles. The van der Waals surface area contributed by atoms with Gasteiger partial charge in [0.25, 0.3) is 0 Å². The van der Waals surface area contributed by atoms with Gasteiger partial charge >= 0.3 is 0 Å². The van der Waals surface area contributed by atoms with Crippen molar-refractivity contribution in [3.8, 4) is 6.07 Å². The molecule has 114 valence electrons. The van der Waals surface area contributed by atoms with Gasteiger partial charge in [0.15, 0.2) is 9.84 Å². The zero-order valence-electron chi connectivity index (χ0n) is 11.9. The molecule has 0 aromatic heterocycles. The van der Waals surface area contributed by atoms with E-state index in [1.165, 1.54) is 4.90 Å². The Morgan fingerprint density at radius 3 is 2.85 bits per heavy atom. The Labute approximate surface area is 125 Å². The van der Waals surface area contributed by atoms with E-state index >= 15 is 0 Å². The Morgan fingerprint density at radius 2 is 2.25 bits per heavy atom. The molecular formula is C12H21N3O3S2. The maximum atomic E-state index is 12.1. The molecule has 0 saturated carbocycles. The lowest BCUT2D eigenvalue weighted by atomic mass is 10.4. The molecule has 1 fully saturated rings. The Bertz CT molecular complexity index is 473. The van der Waals surface area contributed by atoms with Crippen LogP contribution in [0.25, 0.3) is 0 Å². The predicted octanol–water partition coefficient (Wildman–Crippen LogP) is 0.168. The van der Waals surface area contributed by atoms with Gasteiger partial charge in [-0.2, -0.15) is 17.0 Å². The van der Waals surface area contributed by atoms with Crippen LogP contribution in [0, 0.1) is 11.3 Å². The van der Waals surface area contributed by atoms with Gasteiger partial charge in [-0.3, -0.25) is 9.69 Å². The monoisotopic (exact) mass is 319 g/mol. The highest BCUT2D eigenvalue weighted by Gasteiger charge is 2.34. The molecule has 1 aliphatic rings. The van der Waals surface area contributed by atoms with E-state index in [-0.39, 0.29) is 24.6 Å². The Kier molecular flexibility index (Phi) is 6.79. The second-order valence-corrected chi connectivity index (χ2v) is 8.27. The summed E-state index contributed by atoms with van der Waals surface area (Å²) in [4.78, 5) is 15.3. The quantitative estimate of drug-likeness (QED) is 0.694. The summed E-state index contributed by atoms with van der Waals surface area (Å²) in [6.07, 6.45) is 0.286. The number of thioether (sulfide) groups is 1. The summed E-state index contributed by atoms with van der Waals surface area (Å²) in [5.41, 5.74) is 0. The summed E-state index contributed by atoms with van der Waals surface area (Å²) >= 11 is 1.61. The van der Waals surface area contributed by atoms with Crippen LogP contribution in [-0.4, -0.2) is 73.4 Å². The molecule has 0 aromatic carbocycles. The van der Waals surface area contributed by atoms with Gasteiger partial charge in [0.2, 0.25) is 5.91 Å². The van der Waals surface area contributed by atoms with Crippen LogP contribution in [0.5, 0.6) is 0 Å². The van der Waals surface area contributed by atoms with Gasteiger partial charge in [0, 0.05) is 37.4 Å². The number of hydrogen-bond acceptors (Lipinski definition) is 6. The van der Waals surface area contributed by atoms with Crippen LogP contribution < -0.4 is 0 Å². The van der Waals surface area contributed by atoms with E-state index in [4.69, 9.17) is 5.26 Å². The zero-order chi connectivity index (χ0) is 15.2. The second-order valence-electron chi connectivity index (χ2n) is 4.67. The van der Waals surface area contributed by atoms with E-state index in [1.807, 2.05) is 6.07 Å². The van der Waals surface area contributed by atoms with Crippen molar-refractivity contribution in [2.24, 2.45) is 0 Å². The molecule has 0 spiro atoms. The fourth-order valence-corrected chi connectivity index (χ4v) is 5.04. The Hall–Kier alpha value is -0.780. The first kappa shape index (κ1) is 17.3. The molecule has 1 amide bonds. The fraction of sp³-hybridized carbons (Fsp3) is 0.833. The first-order valence-electron chi connectivity index (χ1n) is 6.56. The van der Waals surface area contributed by atoms with Crippen molar-refractivity contribution in [1.82, 2.24) is 9.80 Å². The molecule has 20 heavy (non-hydrogen) atoms. The van der Waals surface area contributed by atoms with Crippen molar-refractivity contribution in [2.75, 3.05) is 43.9 Å². The van der Waals surface area contributed by atoms with Gasteiger partial charge in [0.05, 0.1) is 19.0 Å². The van der Waals surface area contributed by atoms with E-state index in [0.29, 0.717) is 18.8 Å². The van der Waals surface area contributed by atoms with Crippen LogP contribution in [0.2, 0.25) is 0 Å². The molecule has 8 heteroatoms. The standard InChI is InChI=1S/C12H21N3O3S2/c1-3-20(17,18)12-10-19-8-7-15(12)9-11(16)14(2)6-4-5-13/h12H,3-4,6-10H2,1-2H3. The SMILES string of the molecule is CCS(=O)(=O)C1CSCCN1CC(=O)N(C)CCC#N. The lowest BCUT2D eigenvalue weighted by Crippen LogP contribution is -2.51. The van der Waals surface area contributed by atoms with E-state index in [1.54, 1.807) is 30.6 Å². The topological polar surface area (TPSA) is 81.5 Å². The smallest absolute Gasteiger partial charge is 0.236 e. The normalized spacial score (nSPS) is 20.4. The van der Waals surface area contributed by atoms with Crippen molar-refractivity contribution < 1.29 is 13.2 Å². The maximum Gasteiger partial charge on any atom is 0.236 e. The van der Waals surface area contributed by atoms with Crippen molar-refractivity contribution >= 4 is 27.5 Å². The number of carbonyl (C=O) groups excluding carboxylic acids is 1. The fourth-order valence-electron chi connectivity index (χ4n) is 1.96. The van der Waals surface area contributed by atoms with E-state index < -0.39 is 15.2 Å². The average Bonchev–Trinajstić information content (AvgIpc) is 2.45. The van der Waals surface area contributed by atoms with Crippen molar-refractivity contribution in [3.05, 3.63) is 0 Å². The summed E-state index contributed by atoms with van der Waals surface area (Å²) < 4.78 is 24.1. The second kappa shape index (κ2) is 7.86. The summed E-state index contributed by atoms with van der Waals surface area (Å²) in [5.74, 6) is 1.31. The summed E-state index contributed by atoms with van der Waals surface area (Å²) in [7, 11) is -1.54. The van der Waals surface area contributed by atoms with Gasteiger partial charge in [-0.15, -0.1) is 0 Å². The number of carbonyl (C=O) groups is 1. The van der Waals surface area contributed by atoms with Crippen molar-refractivity contribution in [1.29, 1.82) is 5.26 Å². The molecule has 0 aliphatic carbocycles. The largest absolute Gasteiger partial charge is 0.344 e. The zero-order valence-corrected chi connectivity index (χ0v) is 13.5. The highest BCUT2D eigenvalue weighted by Crippen LogP contribution is 2.21. The molecule has 1 heterocycles. The van der Waals surface area contributed by atoms with Crippen molar-refractivity contribution in [3.63, 3.8) is 0 Å². The third-order valence-electron chi connectivity index (χ3n) is 3.33. The minimum absolute atomic E-state index is 0.0905. The number of nitriles is 1. The first-order valence-corrected chi connectivity index (χ1v) is 9.43. The van der Waals surface area contributed by atoms with Crippen LogP contribution in [0.3, 0.4) is 0 Å². The summed E-state index contributed by atoms with van der Waals surface area (Å²) in [6.45, 7) is 2.72. The molecule has 1 saturated heterocycles. The summed E-state index contributed by atoms with van der Waals surface area (Å²) in [5, 5.41) is 7.95. The highest BCUT2D eigenvalue weighted by molar-refractivity contribution is 8.01. The van der Waals surface area contributed by atoms with Crippen LogP contribution in [0.4, 0.5) is 0 Å². The number of rotatable bonds is 6. The molecule has 0 aromatic rings. The molecule has 0 N–H and O–H groups in total. The third-order valence-corrected chi connectivity index (χ3v) is 6.66. The molecule has 1 unspecified atom stereocenters. The van der Waals surface area contributed by atoms with E-state index in [9.17, 15) is 13.2 Å². The number of hydrogen-bond donors (Lipinski definition) is 0. The van der Waals surface area contributed by atoms with E-state index in [0.717, 1.165) is 5.75 Å². The molecule has 6 nitrogen and oxygen atoms in total. The molecule has 0 radical (unpaired) electrons. The van der Waals surface area contributed by atoms with Gasteiger partial charge < -0.3 is 4.90 Å². The Balaban J connectivity index is 2.68. The Morgan fingerprint density at radius 1 is 1.55 bits per heavy atom. The minimum Gasteiger partial charge on any atom is -0.344 e. The van der Waals surface area contributed by atoms with Gasteiger partial charge in [-0.25, -0.2) is 8.42 Å². The first-order chi connectivity index (χ1) is 9.42. The van der Waals surface area contributed by atoms with Crippen LogP contribution >= 0.6 is 11.8 Å². The number of sulfone groups is 1. The van der Waals surface area contributed by atoms with E-state index in [2.05, 4.69) is 0 Å². The summed E-state index contributed by atoms with van der Waals surface area (Å²) in [6, 6.07) is 1.99. The number of likely N-dealkylation sites (N-methyl/N-ethyl adjacent to an activating group) is 1. The predicted molar refractivity (Wildman–Crippen MR) is 80.0 cm³/mol. The van der Waals surface area contributed by atoms with Crippen LogP contribution in [0.15, 0.2) is 0 Å². The molecule has 0 bridgehead atoms. The third kappa shape index (κ3) is 4.65. The maximum absolute atomic E-state index is 12.1. The highest BCUT2D eigenvalue weighted by atomic mass is 32.2. The van der Waals surface area contributed by atoms with Gasteiger partial charge in [0.1, 0.15) is 5.37 Å². The lowest BCUT2D eigenvalue weighted by Gasteiger charge is -2.34. The van der Waals surface area contributed by atoms with Crippen molar-refractivity contribution in [2.45, 2.75) is 18.7 Å². The van der Waals surface area contributed by atoms with Crippen LogP contribution in [0.1, 0.15) is 13.3 Å². The van der Waals surface area contributed by atoms with Crippen LogP contribution in [-0.2, 0) is 14.6 Å². The van der Waals surface area contributed by atoms with Gasteiger partial charge in [-0.1, -0.05) is 6.92 Å². The number of amides is 1. The molecule has 1 atom stereocenters. The lowest BCUT2D eigenvalue weighted by molar-refractivity contribution is -0.131. The molecular weight excluding hydrogens is 298 g/mol. The number of nitrogens with zero attached hydrogens (tertiary/aromatic N) is 3. The minimum atomic E-state index is -3.18.